The molecule has 7 nitrogen and oxygen atoms in total. The zero-order valence-electron chi connectivity index (χ0n) is 12.1. The lowest BCUT2D eigenvalue weighted by atomic mass is 10.3. The van der Waals surface area contributed by atoms with Gasteiger partial charge >= 0.3 is 13.6 Å². The Morgan fingerprint density at radius 2 is 1.53 bits per heavy atom. The third kappa shape index (κ3) is 5.58. The number of rotatable bonds is 10. The second-order valence-electron chi connectivity index (χ2n) is 3.55. The zero-order valence-corrected chi connectivity index (χ0v) is 13.0. The lowest BCUT2D eigenvalue weighted by molar-refractivity contribution is -0.146. The molecule has 8 heteroatoms. The molecule has 0 fully saturated rings. The van der Waals surface area contributed by atoms with Gasteiger partial charge in [0.2, 0.25) is 0 Å². The monoisotopic (exact) mass is 298 g/mol. The molecule has 0 rings (SSSR count). The van der Waals surface area contributed by atoms with Gasteiger partial charge in [-0.2, -0.15) is 0 Å². The van der Waals surface area contributed by atoms with E-state index >= 15 is 0 Å². The average Bonchev–Trinajstić information content (AvgIpc) is 2.39. The maximum atomic E-state index is 12.6. The predicted molar refractivity (Wildman–Crippen MR) is 69.1 cm³/mol. The molecule has 0 aromatic rings. The van der Waals surface area contributed by atoms with Crippen molar-refractivity contribution >= 4 is 13.6 Å². The molecule has 0 aliphatic heterocycles. The van der Waals surface area contributed by atoms with E-state index in [2.05, 4.69) is 4.74 Å². The van der Waals surface area contributed by atoms with Crippen LogP contribution in [0.15, 0.2) is 0 Å². The average molecular weight is 298 g/mol. The quantitative estimate of drug-likeness (QED) is 0.345. The first-order valence-corrected chi connectivity index (χ1v) is 7.62. The number of hydrogen-bond acceptors (Lipinski definition) is 7. The molecule has 0 bridgehead atoms. The van der Waals surface area contributed by atoms with E-state index in [0.717, 1.165) is 0 Å². The van der Waals surface area contributed by atoms with Crippen LogP contribution in [0.3, 0.4) is 0 Å². The molecule has 0 saturated heterocycles. The number of carbonyl (C=O) groups excluding carboxylic acids is 1. The molecule has 0 heterocycles. The van der Waals surface area contributed by atoms with Gasteiger partial charge in [0.15, 0.2) is 11.9 Å². The van der Waals surface area contributed by atoms with Crippen molar-refractivity contribution in [3.63, 3.8) is 0 Å². The van der Waals surface area contributed by atoms with Crippen LogP contribution in [0.1, 0.15) is 20.3 Å². The summed E-state index contributed by atoms with van der Waals surface area (Å²) in [5.41, 5.74) is -1.08. The topological polar surface area (TPSA) is 80.3 Å². The molecule has 19 heavy (non-hydrogen) atoms. The van der Waals surface area contributed by atoms with Crippen LogP contribution in [-0.2, 0) is 32.6 Å². The van der Waals surface area contributed by atoms with Crippen molar-refractivity contribution in [3.8, 4) is 0 Å². The second kappa shape index (κ2) is 9.44. The molecule has 0 aliphatic carbocycles. The number of methoxy groups -OCH3 is 3. The minimum absolute atomic E-state index is 0.0248. The molecule has 0 saturated carbocycles. The van der Waals surface area contributed by atoms with Crippen LogP contribution in [0.5, 0.6) is 0 Å². The summed E-state index contributed by atoms with van der Waals surface area (Å²) in [6.45, 7) is 3.67. The molecule has 0 radical (unpaired) electrons. The number of carbonyl (C=O) groups is 1. The molecule has 1 unspecified atom stereocenters. The molecule has 0 amide bonds. The van der Waals surface area contributed by atoms with E-state index in [4.69, 9.17) is 18.5 Å². The Bertz CT molecular complexity index is 293. The zero-order chi connectivity index (χ0) is 14.9. The highest BCUT2D eigenvalue weighted by atomic mass is 31.2. The van der Waals surface area contributed by atoms with Gasteiger partial charge in [0.05, 0.1) is 20.3 Å². The van der Waals surface area contributed by atoms with E-state index in [1.54, 1.807) is 13.8 Å². The van der Waals surface area contributed by atoms with Gasteiger partial charge < -0.3 is 23.3 Å². The number of ether oxygens (including phenoxy) is 3. The van der Waals surface area contributed by atoms with Crippen molar-refractivity contribution in [3.05, 3.63) is 0 Å². The third-order valence-electron chi connectivity index (χ3n) is 2.41. The van der Waals surface area contributed by atoms with E-state index in [-0.39, 0.29) is 19.6 Å². The molecule has 0 aliphatic rings. The van der Waals surface area contributed by atoms with Crippen molar-refractivity contribution in [1.29, 1.82) is 0 Å². The van der Waals surface area contributed by atoms with Crippen molar-refractivity contribution in [1.82, 2.24) is 0 Å². The van der Waals surface area contributed by atoms with Crippen LogP contribution >= 0.6 is 7.60 Å². The Kier molecular flexibility index (Phi) is 9.22. The van der Waals surface area contributed by atoms with Crippen LogP contribution in [-0.4, -0.2) is 52.5 Å². The maximum Gasteiger partial charge on any atom is 0.345 e. The highest BCUT2D eigenvalue weighted by Gasteiger charge is 2.43. The van der Waals surface area contributed by atoms with Crippen molar-refractivity contribution in [2.24, 2.45) is 0 Å². The van der Waals surface area contributed by atoms with Gasteiger partial charge in [0.25, 0.3) is 0 Å². The van der Waals surface area contributed by atoms with E-state index in [1.165, 1.54) is 21.3 Å². The van der Waals surface area contributed by atoms with E-state index in [1.807, 2.05) is 0 Å². The molecule has 0 aromatic heterocycles. The standard InChI is InChI=1S/C11H23O7P/c1-6-17-19(13,18-7-2)9(11(12)16-5)8-10(14-3)15-4/h9-10H,6-8H2,1-5H3. The van der Waals surface area contributed by atoms with Gasteiger partial charge in [-0.15, -0.1) is 0 Å². The summed E-state index contributed by atoms with van der Waals surface area (Å²) in [7, 11) is 0.448. The van der Waals surface area contributed by atoms with Crippen LogP contribution < -0.4 is 0 Å². The number of esters is 1. The van der Waals surface area contributed by atoms with Crippen molar-refractivity contribution < 1.29 is 32.6 Å². The van der Waals surface area contributed by atoms with Crippen LogP contribution in [0.2, 0.25) is 0 Å². The minimum atomic E-state index is -3.62. The van der Waals surface area contributed by atoms with Gasteiger partial charge in [0, 0.05) is 20.6 Å². The Balaban J connectivity index is 5.18. The van der Waals surface area contributed by atoms with Crippen molar-refractivity contribution in [2.45, 2.75) is 32.2 Å². The second-order valence-corrected chi connectivity index (χ2v) is 5.77. The molecule has 114 valence electrons. The first-order chi connectivity index (χ1) is 8.98. The largest absolute Gasteiger partial charge is 0.468 e. The smallest absolute Gasteiger partial charge is 0.345 e. The fourth-order valence-corrected chi connectivity index (χ4v) is 3.49. The third-order valence-corrected chi connectivity index (χ3v) is 4.84. The lowest BCUT2D eigenvalue weighted by Crippen LogP contribution is -2.30. The van der Waals surface area contributed by atoms with Crippen molar-refractivity contribution in [2.75, 3.05) is 34.5 Å². The summed E-state index contributed by atoms with van der Waals surface area (Å²) < 4.78 is 37.6. The van der Waals surface area contributed by atoms with Crippen LogP contribution in [0.25, 0.3) is 0 Å². The summed E-state index contributed by atoms with van der Waals surface area (Å²) in [5.74, 6) is -0.677. The lowest BCUT2D eigenvalue weighted by Gasteiger charge is -2.26. The Morgan fingerprint density at radius 1 is 1.05 bits per heavy atom. The Labute approximate surface area is 114 Å². The minimum Gasteiger partial charge on any atom is -0.468 e. The number of hydrogen-bond donors (Lipinski definition) is 0. The molecule has 1 atom stereocenters. The maximum absolute atomic E-state index is 12.6. The summed E-state index contributed by atoms with van der Waals surface area (Å²) >= 11 is 0. The Morgan fingerprint density at radius 3 is 1.84 bits per heavy atom. The normalized spacial score (nSPS) is 13.6. The first-order valence-electron chi connectivity index (χ1n) is 6.01. The fourth-order valence-electron chi connectivity index (χ4n) is 1.54. The van der Waals surface area contributed by atoms with Gasteiger partial charge in [-0.3, -0.25) is 9.36 Å². The van der Waals surface area contributed by atoms with E-state index < -0.39 is 25.5 Å². The summed E-state index contributed by atoms with van der Waals surface area (Å²) in [4.78, 5) is 11.8. The predicted octanol–water partition coefficient (Wildman–Crippen LogP) is 1.80. The highest BCUT2D eigenvalue weighted by molar-refractivity contribution is 7.55. The van der Waals surface area contributed by atoms with Gasteiger partial charge in [-0.25, -0.2) is 0 Å². The Hall–Kier alpha value is -0.460. The summed E-state index contributed by atoms with van der Waals surface area (Å²) in [5, 5.41) is 0. The molecule has 0 spiro atoms. The van der Waals surface area contributed by atoms with E-state index in [0.29, 0.717) is 0 Å². The first kappa shape index (κ1) is 18.5. The molecule has 0 N–H and O–H groups in total. The highest BCUT2D eigenvalue weighted by Crippen LogP contribution is 2.55. The molecule has 0 aromatic carbocycles. The summed E-state index contributed by atoms with van der Waals surface area (Å²) in [6.07, 6.45) is -0.671. The molecular formula is C11H23O7P. The SMILES string of the molecule is CCOP(=O)(OCC)C(CC(OC)OC)C(=O)OC. The van der Waals surface area contributed by atoms with Gasteiger partial charge in [0.1, 0.15) is 0 Å². The molecular weight excluding hydrogens is 275 g/mol. The van der Waals surface area contributed by atoms with Gasteiger partial charge in [-0.05, 0) is 13.8 Å². The van der Waals surface area contributed by atoms with Crippen LogP contribution in [0, 0.1) is 0 Å². The van der Waals surface area contributed by atoms with Crippen LogP contribution in [0.4, 0.5) is 0 Å². The summed E-state index contributed by atoms with van der Waals surface area (Å²) in [6, 6.07) is 0. The fraction of sp³-hybridized carbons (Fsp3) is 0.909. The van der Waals surface area contributed by atoms with E-state index in [9.17, 15) is 9.36 Å². The van der Waals surface area contributed by atoms with Gasteiger partial charge in [-0.1, -0.05) is 0 Å².